The Morgan fingerprint density at radius 2 is 1.50 bits per heavy atom. The summed E-state index contributed by atoms with van der Waals surface area (Å²) in [5.74, 6) is -0.750. The first-order valence-electron chi connectivity index (χ1n) is 17.1. The van der Waals surface area contributed by atoms with Crippen molar-refractivity contribution in [1.82, 2.24) is 25.1 Å². The molecular weight excluding hydrogens is 654 g/mol. The number of carbonyl (C=O) groups is 4. The second-order valence-corrected chi connectivity index (χ2v) is 12.8. The first-order chi connectivity index (χ1) is 25.4. The van der Waals surface area contributed by atoms with Gasteiger partial charge < -0.3 is 20.4 Å². The zero-order valence-corrected chi connectivity index (χ0v) is 28.4. The molecule has 5 amide bonds. The number of hydrogen-bond acceptors (Lipinski definition) is 6. The van der Waals surface area contributed by atoms with Gasteiger partial charge in [0.15, 0.2) is 0 Å². The molecule has 2 saturated heterocycles. The van der Waals surface area contributed by atoms with Crippen LogP contribution in [0.5, 0.6) is 0 Å². The van der Waals surface area contributed by atoms with E-state index in [0.717, 1.165) is 27.5 Å². The fourth-order valence-electron chi connectivity index (χ4n) is 6.98. The SMILES string of the molecule is N#CCN(C(=O)NCc1ccccc1)N1CC(=O)N2[C@@H](Cc3ccc(NC(=O)c4ccccc4)cc3)C(=O)N(Cc3cccc4ccccc34)C[C@@H]21. The third-order valence-electron chi connectivity index (χ3n) is 9.54. The standard InChI is InChI=1S/C41H37N7O4/c42-22-23-46(41(52)43-25-30-10-3-1-4-11-30)47-28-38(49)48-36(24-29-18-20-34(21-19-29)44-39(50)32-13-5-2-6-14-32)40(51)45(27-37(47)48)26-33-16-9-15-31-12-7-8-17-35(31)33/h1-21,36-37H,23-28H2,(H,43,52)(H,44,50)/t36-,37+/m0/s1. The average Bonchev–Trinajstić information content (AvgIpc) is 3.50. The van der Waals surface area contributed by atoms with Crippen LogP contribution in [0.4, 0.5) is 10.5 Å². The highest BCUT2D eigenvalue weighted by atomic mass is 16.2. The summed E-state index contributed by atoms with van der Waals surface area (Å²) >= 11 is 0. The number of urea groups is 1. The minimum absolute atomic E-state index is 0.142. The minimum atomic E-state index is -0.868. The van der Waals surface area contributed by atoms with Gasteiger partial charge in [0.2, 0.25) is 11.8 Å². The fraction of sp³-hybridized carbons (Fsp3) is 0.195. The maximum absolute atomic E-state index is 14.4. The van der Waals surface area contributed by atoms with E-state index in [9.17, 15) is 24.4 Å². The molecule has 2 aliphatic rings. The molecule has 260 valence electrons. The number of benzene rings is 5. The fourth-order valence-corrected chi connectivity index (χ4v) is 6.98. The van der Waals surface area contributed by atoms with Crippen LogP contribution in [0.2, 0.25) is 0 Å². The molecule has 7 rings (SSSR count). The van der Waals surface area contributed by atoms with E-state index in [-0.39, 0.29) is 50.3 Å². The summed E-state index contributed by atoms with van der Waals surface area (Å²) in [5.41, 5.74) is 3.78. The van der Waals surface area contributed by atoms with Crippen molar-refractivity contribution in [2.24, 2.45) is 0 Å². The van der Waals surface area contributed by atoms with Gasteiger partial charge in [-0.2, -0.15) is 10.3 Å². The number of nitrogens with zero attached hydrogens (tertiary/aromatic N) is 5. The molecule has 52 heavy (non-hydrogen) atoms. The van der Waals surface area contributed by atoms with Gasteiger partial charge >= 0.3 is 6.03 Å². The normalized spacial score (nSPS) is 17.1. The monoisotopic (exact) mass is 691 g/mol. The van der Waals surface area contributed by atoms with E-state index < -0.39 is 18.2 Å². The van der Waals surface area contributed by atoms with Crippen molar-refractivity contribution in [3.05, 3.63) is 150 Å². The number of anilines is 1. The van der Waals surface area contributed by atoms with Crippen molar-refractivity contribution in [3.63, 3.8) is 0 Å². The Balaban J connectivity index is 1.16. The number of nitriles is 1. The lowest BCUT2D eigenvalue weighted by atomic mass is 9.98. The topological polar surface area (TPSA) is 129 Å². The Labute approximate surface area is 301 Å². The average molecular weight is 692 g/mol. The van der Waals surface area contributed by atoms with Crippen molar-refractivity contribution in [2.45, 2.75) is 31.7 Å². The van der Waals surface area contributed by atoms with Gasteiger partial charge in [0, 0.05) is 30.8 Å². The van der Waals surface area contributed by atoms with Crippen molar-refractivity contribution in [1.29, 1.82) is 5.26 Å². The number of rotatable bonds is 10. The van der Waals surface area contributed by atoms with Crippen LogP contribution in [0, 0.1) is 11.3 Å². The predicted molar refractivity (Wildman–Crippen MR) is 196 cm³/mol. The van der Waals surface area contributed by atoms with Crippen molar-refractivity contribution in [2.75, 3.05) is 25.0 Å². The van der Waals surface area contributed by atoms with E-state index in [2.05, 4.69) is 16.7 Å². The summed E-state index contributed by atoms with van der Waals surface area (Å²) in [4.78, 5) is 57.9. The van der Waals surface area contributed by atoms with Gasteiger partial charge in [0.1, 0.15) is 18.8 Å². The molecule has 0 spiro atoms. The Kier molecular flexibility index (Phi) is 9.90. The highest BCUT2D eigenvalue weighted by Crippen LogP contribution is 2.31. The van der Waals surface area contributed by atoms with E-state index in [0.29, 0.717) is 17.8 Å². The van der Waals surface area contributed by atoms with Gasteiger partial charge in [-0.05, 0) is 51.7 Å². The first kappa shape index (κ1) is 34.0. The number of carbonyl (C=O) groups excluding carboxylic acids is 4. The van der Waals surface area contributed by atoms with Crippen molar-refractivity contribution < 1.29 is 19.2 Å². The Bertz CT molecular complexity index is 2130. The number of nitrogens with one attached hydrogen (secondary N) is 2. The zero-order valence-electron chi connectivity index (χ0n) is 28.4. The lowest BCUT2D eigenvalue weighted by Gasteiger charge is -2.46. The molecule has 0 bridgehead atoms. The summed E-state index contributed by atoms with van der Waals surface area (Å²) < 4.78 is 0. The van der Waals surface area contributed by atoms with Crippen LogP contribution >= 0.6 is 0 Å². The minimum Gasteiger partial charge on any atom is -0.333 e. The van der Waals surface area contributed by atoms with Crippen LogP contribution in [0.25, 0.3) is 10.8 Å². The van der Waals surface area contributed by atoms with Crippen LogP contribution in [0.3, 0.4) is 0 Å². The molecule has 2 N–H and O–H groups in total. The molecule has 2 aliphatic heterocycles. The molecule has 0 unspecified atom stereocenters. The number of piperazine rings is 1. The molecular formula is C41H37N7O4. The second kappa shape index (κ2) is 15.2. The maximum Gasteiger partial charge on any atom is 0.333 e. The predicted octanol–water partition coefficient (Wildman–Crippen LogP) is 5.17. The Morgan fingerprint density at radius 3 is 2.25 bits per heavy atom. The van der Waals surface area contributed by atoms with E-state index >= 15 is 0 Å². The zero-order chi connectivity index (χ0) is 36.0. The molecule has 2 fully saturated rings. The molecule has 2 heterocycles. The van der Waals surface area contributed by atoms with Crippen LogP contribution in [0.1, 0.15) is 27.0 Å². The highest BCUT2D eigenvalue weighted by molar-refractivity contribution is 6.04. The molecule has 0 saturated carbocycles. The van der Waals surface area contributed by atoms with Gasteiger partial charge in [0.05, 0.1) is 19.2 Å². The molecule has 0 aliphatic carbocycles. The number of hydrogen-bond donors (Lipinski definition) is 2. The van der Waals surface area contributed by atoms with Crippen LogP contribution < -0.4 is 10.6 Å². The van der Waals surface area contributed by atoms with Crippen molar-refractivity contribution >= 4 is 40.2 Å². The molecule has 2 atom stereocenters. The van der Waals surface area contributed by atoms with Crippen LogP contribution in [-0.2, 0) is 29.1 Å². The van der Waals surface area contributed by atoms with Gasteiger partial charge in [-0.1, -0.05) is 103 Å². The third kappa shape index (κ3) is 7.19. The molecule has 5 aromatic rings. The van der Waals surface area contributed by atoms with E-state index in [1.165, 1.54) is 5.01 Å². The van der Waals surface area contributed by atoms with E-state index in [4.69, 9.17) is 0 Å². The van der Waals surface area contributed by atoms with Crippen LogP contribution in [0.15, 0.2) is 127 Å². The third-order valence-corrected chi connectivity index (χ3v) is 9.54. The number of amides is 5. The first-order valence-corrected chi connectivity index (χ1v) is 17.1. The molecule has 11 nitrogen and oxygen atoms in total. The van der Waals surface area contributed by atoms with E-state index in [1.807, 2.05) is 91.0 Å². The van der Waals surface area contributed by atoms with Crippen LogP contribution in [-0.4, -0.2) is 75.4 Å². The summed E-state index contributed by atoms with van der Waals surface area (Å²) in [7, 11) is 0. The quantitative estimate of drug-likeness (QED) is 0.195. The van der Waals surface area contributed by atoms with E-state index in [1.54, 1.807) is 51.2 Å². The van der Waals surface area contributed by atoms with Gasteiger partial charge in [-0.25, -0.2) is 9.80 Å². The smallest absolute Gasteiger partial charge is 0.333 e. The molecule has 11 heteroatoms. The van der Waals surface area contributed by atoms with Gasteiger partial charge in [-0.3, -0.25) is 14.4 Å². The van der Waals surface area contributed by atoms with Crippen molar-refractivity contribution in [3.8, 4) is 6.07 Å². The largest absolute Gasteiger partial charge is 0.333 e. The summed E-state index contributed by atoms with van der Waals surface area (Å²) in [6.45, 7) is 0.236. The Hall–Kier alpha value is -6.51. The maximum atomic E-state index is 14.4. The lowest BCUT2D eigenvalue weighted by molar-refractivity contribution is -0.157. The molecule has 0 radical (unpaired) electrons. The second-order valence-electron chi connectivity index (χ2n) is 12.8. The number of hydrazine groups is 1. The summed E-state index contributed by atoms with van der Waals surface area (Å²) in [5, 5.41) is 20.5. The molecule has 5 aromatic carbocycles. The summed E-state index contributed by atoms with van der Waals surface area (Å²) in [6.07, 6.45) is -0.475. The Morgan fingerprint density at radius 1 is 0.808 bits per heavy atom. The summed E-state index contributed by atoms with van der Waals surface area (Å²) in [6, 6.07) is 40.2. The molecule has 0 aromatic heterocycles. The van der Waals surface area contributed by atoms with Gasteiger partial charge in [-0.15, -0.1) is 0 Å². The lowest BCUT2D eigenvalue weighted by Crippen LogP contribution is -2.66. The number of fused-ring (bicyclic) bond motifs is 2. The van der Waals surface area contributed by atoms with Gasteiger partial charge in [0.25, 0.3) is 5.91 Å². The highest BCUT2D eigenvalue weighted by Gasteiger charge is 2.52.